The number of carbonyl (C=O) groups is 1. The number of nitrogens with zero attached hydrogens (tertiary/aromatic N) is 4. The molecule has 13 heteroatoms. The van der Waals surface area contributed by atoms with E-state index in [9.17, 15) is 17.6 Å². The molecule has 0 bridgehead atoms. The minimum Gasteiger partial charge on any atom is -0.379 e. The first kappa shape index (κ1) is 26.1. The molecule has 11 nitrogen and oxygen atoms in total. The molecular formula is C27H29FN8O3S. The van der Waals surface area contributed by atoms with Crippen LogP contribution in [0.1, 0.15) is 49.0 Å². The maximum absolute atomic E-state index is 14.1. The number of carbonyl (C=O) groups excluding carboxylic acids is 1. The summed E-state index contributed by atoms with van der Waals surface area (Å²) in [5.74, 6) is -0.630. The number of aromatic nitrogens is 4. The summed E-state index contributed by atoms with van der Waals surface area (Å²) in [4.78, 5) is 21.4. The van der Waals surface area contributed by atoms with Gasteiger partial charge in [0.05, 0.1) is 28.7 Å². The van der Waals surface area contributed by atoms with Crippen LogP contribution < -0.4 is 20.7 Å². The van der Waals surface area contributed by atoms with Gasteiger partial charge >= 0.3 is 0 Å². The highest BCUT2D eigenvalue weighted by Gasteiger charge is 2.28. The van der Waals surface area contributed by atoms with E-state index in [4.69, 9.17) is 0 Å². The number of anilines is 3. The van der Waals surface area contributed by atoms with Crippen LogP contribution in [0.4, 0.5) is 21.6 Å². The van der Waals surface area contributed by atoms with Crippen LogP contribution in [-0.2, 0) is 10.0 Å². The van der Waals surface area contributed by atoms with Crippen molar-refractivity contribution in [1.29, 1.82) is 0 Å². The van der Waals surface area contributed by atoms with Crippen molar-refractivity contribution in [3.63, 3.8) is 0 Å². The summed E-state index contributed by atoms with van der Waals surface area (Å²) in [6.07, 6.45) is 8.78. The Kier molecular flexibility index (Phi) is 7.07. The lowest BCUT2D eigenvalue weighted by Crippen LogP contribution is -2.40. The van der Waals surface area contributed by atoms with Gasteiger partial charge in [-0.1, -0.05) is 18.2 Å². The first-order valence-corrected chi connectivity index (χ1v) is 14.7. The summed E-state index contributed by atoms with van der Waals surface area (Å²) >= 11 is 0. The van der Waals surface area contributed by atoms with Gasteiger partial charge in [0.25, 0.3) is 5.91 Å². The number of rotatable bonds is 9. The second-order valence-electron chi connectivity index (χ2n) is 10.2. The third kappa shape index (κ3) is 5.75. The van der Waals surface area contributed by atoms with Gasteiger partial charge in [0.1, 0.15) is 5.82 Å². The van der Waals surface area contributed by atoms with Gasteiger partial charge in [-0.3, -0.25) is 9.78 Å². The van der Waals surface area contributed by atoms with E-state index < -0.39 is 21.7 Å². The Bertz CT molecular complexity index is 1630. The van der Waals surface area contributed by atoms with Crippen LogP contribution in [0.15, 0.2) is 66.0 Å². The number of imidazole rings is 1. The summed E-state index contributed by atoms with van der Waals surface area (Å²) in [7, 11) is -3.57. The zero-order valence-electron chi connectivity index (χ0n) is 21.5. The zero-order chi connectivity index (χ0) is 27.7. The summed E-state index contributed by atoms with van der Waals surface area (Å²) in [5.41, 5.74) is 1.42. The van der Waals surface area contributed by atoms with Gasteiger partial charge in [-0.2, -0.15) is 0 Å². The molecule has 0 spiro atoms. The molecule has 3 aromatic heterocycles. The Morgan fingerprint density at radius 1 is 0.900 bits per heavy atom. The van der Waals surface area contributed by atoms with Crippen LogP contribution in [0.2, 0.25) is 0 Å². The topological polar surface area (TPSA) is 142 Å². The van der Waals surface area contributed by atoms with E-state index in [1.165, 1.54) is 23.0 Å². The number of hydrogen-bond acceptors (Lipinski definition) is 8. The highest BCUT2D eigenvalue weighted by Crippen LogP contribution is 2.30. The maximum atomic E-state index is 14.1. The van der Waals surface area contributed by atoms with Gasteiger partial charge in [-0.15, -0.1) is 5.10 Å². The SMILES string of the molecule is O=C(Nc1ccncc1F)c1cnc2c(NC3CC3)cc(N[C@H]3CC[C@H](NS(=O)(=O)c4ccccc4)CC3)nn12. The van der Waals surface area contributed by atoms with Crippen molar-refractivity contribution in [2.45, 2.75) is 61.5 Å². The number of pyridine rings is 1. The minimum absolute atomic E-state index is 0.0141. The number of benzene rings is 1. The summed E-state index contributed by atoms with van der Waals surface area (Å²) in [6, 6.07) is 11.9. The van der Waals surface area contributed by atoms with E-state index in [1.54, 1.807) is 30.3 Å². The maximum Gasteiger partial charge on any atom is 0.276 e. The van der Waals surface area contributed by atoms with Gasteiger partial charge in [-0.05, 0) is 56.7 Å². The molecule has 3 heterocycles. The van der Waals surface area contributed by atoms with E-state index >= 15 is 0 Å². The average molecular weight is 565 g/mol. The molecule has 0 saturated heterocycles. The minimum atomic E-state index is -3.57. The standard InChI is InChI=1S/C27H29FN8O3S/c28-21-15-29-13-12-22(21)33-27(37)24-16-30-26-23(31-17-6-7-17)14-25(34-36(24)26)32-18-8-10-19(11-9-18)35-40(38,39)20-4-2-1-3-5-20/h1-5,12-19,31,35H,6-11H2,(H,32,34)(H,29,33,37)/t18-,19-. The van der Waals surface area contributed by atoms with Crippen LogP contribution in [0.5, 0.6) is 0 Å². The van der Waals surface area contributed by atoms with Gasteiger partial charge in [0.15, 0.2) is 17.2 Å². The number of amides is 1. The van der Waals surface area contributed by atoms with E-state index in [0.717, 1.165) is 37.6 Å². The van der Waals surface area contributed by atoms with Crippen molar-refractivity contribution < 1.29 is 17.6 Å². The Morgan fingerprint density at radius 2 is 1.60 bits per heavy atom. The fourth-order valence-electron chi connectivity index (χ4n) is 4.86. The molecule has 2 aliphatic carbocycles. The van der Waals surface area contributed by atoms with Crippen LogP contribution in [0.3, 0.4) is 0 Å². The summed E-state index contributed by atoms with van der Waals surface area (Å²) in [6.45, 7) is 0. The fraction of sp³-hybridized carbons (Fsp3) is 0.333. The van der Waals surface area contributed by atoms with Crippen molar-refractivity contribution in [1.82, 2.24) is 24.3 Å². The molecule has 208 valence electrons. The molecule has 0 unspecified atom stereocenters. The largest absolute Gasteiger partial charge is 0.379 e. The molecular weight excluding hydrogens is 535 g/mol. The monoisotopic (exact) mass is 564 g/mol. The molecule has 2 saturated carbocycles. The fourth-order valence-corrected chi connectivity index (χ4v) is 6.19. The second-order valence-corrected chi connectivity index (χ2v) is 11.9. The van der Waals surface area contributed by atoms with Gasteiger partial charge in [-0.25, -0.2) is 27.0 Å². The molecule has 1 amide bonds. The third-order valence-electron chi connectivity index (χ3n) is 7.11. The molecule has 4 aromatic rings. The summed E-state index contributed by atoms with van der Waals surface area (Å²) < 4.78 is 43.8. The number of nitrogens with one attached hydrogen (secondary N) is 4. The predicted octanol–water partition coefficient (Wildman–Crippen LogP) is 3.79. The predicted molar refractivity (Wildman–Crippen MR) is 148 cm³/mol. The Labute approximate surface area is 230 Å². The highest BCUT2D eigenvalue weighted by atomic mass is 32.2. The second kappa shape index (κ2) is 10.8. The molecule has 0 radical (unpaired) electrons. The smallest absolute Gasteiger partial charge is 0.276 e. The number of hydrogen-bond donors (Lipinski definition) is 4. The highest BCUT2D eigenvalue weighted by molar-refractivity contribution is 7.89. The Morgan fingerprint density at radius 3 is 2.33 bits per heavy atom. The van der Waals surface area contributed by atoms with Crippen molar-refractivity contribution in [3.05, 3.63) is 72.6 Å². The van der Waals surface area contributed by atoms with E-state index in [2.05, 4.69) is 35.7 Å². The molecule has 40 heavy (non-hydrogen) atoms. The molecule has 0 aliphatic heterocycles. The summed E-state index contributed by atoms with van der Waals surface area (Å²) in [5, 5.41) is 14.1. The number of fused-ring (bicyclic) bond motifs is 1. The quantitative estimate of drug-likeness (QED) is 0.241. The van der Waals surface area contributed by atoms with Gasteiger partial charge in [0.2, 0.25) is 10.0 Å². The van der Waals surface area contributed by atoms with Crippen molar-refractivity contribution in [2.75, 3.05) is 16.0 Å². The molecule has 1 aromatic carbocycles. The average Bonchev–Trinajstić information content (AvgIpc) is 3.66. The van der Waals surface area contributed by atoms with E-state index in [0.29, 0.717) is 30.3 Å². The first-order chi connectivity index (χ1) is 19.4. The van der Waals surface area contributed by atoms with Crippen molar-refractivity contribution in [3.8, 4) is 0 Å². The van der Waals surface area contributed by atoms with Gasteiger partial charge < -0.3 is 16.0 Å². The number of halogens is 1. The van der Waals surface area contributed by atoms with Crippen LogP contribution >= 0.6 is 0 Å². The Balaban J connectivity index is 1.17. The van der Waals surface area contributed by atoms with E-state index in [1.807, 2.05) is 6.07 Å². The van der Waals surface area contributed by atoms with Crippen molar-refractivity contribution in [2.24, 2.45) is 0 Å². The van der Waals surface area contributed by atoms with Crippen LogP contribution in [-0.4, -0.2) is 52.0 Å². The molecule has 4 N–H and O–H groups in total. The first-order valence-electron chi connectivity index (χ1n) is 13.3. The lowest BCUT2D eigenvalue weighted by Gasteiger charge is -2.30. The normalized spacial score (nSPS) is 19.3. The molecule has 2 aliphatic rings. The van der Waals surface area contributed by atoms with Crippen molar-refractivity contribution >= 4 is 38.8 Å². The third-order valence-corrected chi connectivity index (χ3v) is 8.65. The van der Waals surface area contributed by atoms with Gasteiger partial charge in [0, 0.05) is 30.4 Å². The lowest BCUT2D eigenvalue weighted by molar-refractivity contribution is 0.102. The lowest BCUT2D eigenvalue weighted by atomic mass is 9.92. The van der Waals surface area contributed by atoms with Crippen LogP contribution in [0, 0.1) is 5.82 Å². The molecule has 2 fully saturated rings. The van der Waals surface area contributed by atoms with Crippen LogP contribution in [0.25, 0.3) is 5.65 Å². The Hall–Kier alpha value is -4.10. The van der Waals surface area contributed by atoms with E-state index in [-0.39, 0.29) is 28.4 Å². The number of sulfonamides is 1. The molecule has 6 rings (SSSR count). The molecule has 0 atom stereocenters. The zero-order valence-corrected chi connectivity index (χ0v) is 22.4.